The average molecular weight is 529 g/mol. The van der Waals surface area contributed by atoms with Gasteiger partial charge in [0.2, 0.25) is 11.8 Å². The molecular weight excluding hydrogens is 495 g/mol. The van der Waals surface area contributed by atoms with Gasteiger partial charge >= 0.3 is 7.82 Å². The molecule has 0 atom stereocenters. The SMILES string of the molecule is O=C1CCc2ccc(OCCCCN3CCN(c4cccc5ccccc45)CC3)nc2N1.O=P(O)(O)O. The van der Waals surface area contributed by atoms with Crippen LogP contribution in [0.4, 0.5) is 11.5 Å². The maximum Gasteiger partial charge on any atom is 0.466 e. The van der Waals surface area contributed by atoms with Crippen LogP contribution in [0.15, 0.2) is 54.6 Å². The summed E-state index contributed by atoms with van der Waals surface area (Å²) in [5.74, 6) is 1.28. The number of rotatable bonds is 7. The zero-order valence-electron chi connectivity index (χ0n) is 20.6. The van der Waals surface area contributed by atoms with Gasteiger partial charge in [0.05, 0.1) is 6.61 Å². The fourth-order valence-corrected chi connectivity index (χ4v) is 4.61. The molecule has 0 bridgehead atoms. The number of aromatic nitrogens is 1. The number of hydrogen-bond donors (Lipinski definition) is 4. The Kier molecular flexibility index (Phi) is 9.13. The molecule has 1 fully saturated rings. The monoisotopic (exact) mass is 528 g/mol. The van der Waals surface area contributed by atoms with E-state index in [0.717, 1.165) is 57.5 Å². The number of fused-ring (bicyclic) bond motifs is 2. The summed E-state index contributed by atoms with van der Waals surface area (Å²) in [5, 5.41) is 5.48. The van der Waals surface area contributed by atoms with Crippen molar-refractivity contribution in [2.24, 2.45) is 0 Å². The first kappa shape index (κ1) is 27.0. The van der Waals surface area contributed by atoms with Crippen LogP contribution in [0.1, 0.15) is 24.8 Å². The number of piperazine rings is 1. The summed E-state index contributed by atoms with van der Waals surface area (Å²) < 4.78 is 14.7. The predicted octanol–water partition coefficient (Wildman–Crippen LogP) is 3.17. The highest BCUT2D eigenvalue weighted by molar-refractivity contribution is 7.45. The lowest BCUT2D eigenvalue weighted by Crippen LogP contribution is -2.46. The molecule has 2 aromatic carbocycles. The van der Waals surface area contributed by atoms with Gasteiger partial charge in [0.25, 0.3) is 0 Å². The number of phosphoric acid groups is 1. The smallest absolute Gasteiger partial charge is 0.466 e. The van der Waals surface area contributed by atoms with E-state index >= 15 is 0 Å². The maximum atomic E-state index is 11.5. The first-order valence-corrected chi connectivity index (χ1v) is 14.0. The van der Waals surface area contributed by atoms with Gasteiger partial charge in [-0.15, -0.1) is 0 Å². The first-order chi connectivity index (χ1) is 17.8. The number of amides is 1. The number of ether oxygens (including phenoxy) is 1. The highest BCUT2D eigenvalue weighted by Gasteiger charge is 2.19. The topological polar surface area (TPSA) is 135 Å². The van der Waals surface area contributed by atoms with Crippen LogP contribution in [0.25, 0.3) is 10.8 Å². The van der Waals surface area contributed by atoms with Crippen molar-refractivity contribution in [2.45, 2.75) is 25.7 Å². The van der Waals surface area contributed by atoms with E-state index in [0.29, 0.717) is 24.7 Å². The Labute approximate surface area is 216 Å². The lowest BCUT2D eigenvalue weighted by atomic mass is 10.1. The second-order valence-corrected chi connectivity index (χ2v) is 10.1. The quantitative estimate of drug-likeness (QED) is 0.269. The zero-order chi connectivity index (χ0) is 26.3. The minimum atomic E-state index is -4.64. The second kappa shape index (κ2) is 12.5. The van der Waals surface area contributed by atoms with Crippen LogP contribution in [-0.2, 0) is 15.8 Å². The standard InChI is InChI=1S/C26H30N4O2.H3O4P/c31-24-12-10-21-11-13-25(28-26(21)27-24)32-19-4-3-14-29-15-17-30(18-16-29)23-9-5-7-20-6-1-2-8-22(20)23;1-5(2,3)4/h1-2,5-9,11,13H,3-4,10,12,14-19H2,(H,27,28,31);(H3,1,2,3,4). The molecule has 0 aliphatic carbocycles. The molecule has 3 heterocycles. The van der Waals surface area contributed by atoms with Crippen molar-refractivity contribution in [3.63, 3.8) is 0 Å². The molecule has 37 heavy (non-hydrogen) atoms. The molecule has 11 heteroatoms. The number of unbranched alkanes of at least 4 members (excludes halogenated alkanes) is 1. The number of aryl methyl sites for hydroxylation is 1. The van der Waals surface area contributed by atoms with Crippen molar-refractivity contribution in [3.8, 4) is 5.88 Å². The van der Waals surface area contributed by atoms with Crippen LogP contribution < -0.4 is 15.0 Å². The third kappa shape index (κ3) is 8.24. The van der Waals surface area contributed by atoms with Gasteiger partial charge in [0, 0.05) is 49.7 Å². The van der Waals surface area contributed by atoms with Gasteiger partial charge in [-0.2, -0.15) is 4.98 Å². The normalized spacial score (nSPS) is 16.0. The molecule has 4 N–H and O–H groups in total. The Morgan fingerprint density at radius 1 is 0.919 bits per heavy atom. The molecule has 2 aliphatic heterocycles. The predicted molar refractivity (Wildman–Crippen MR) is 143 cm³/mol. The van der Waals surface area contributed by atoms with Crippen LogP contribution in [0.2, 0.25) is 0 Å². The summed E-state index contributed by atoms with van der Waals surface area (Å²) in [4.78, 5) is 42.6. The van der Waals surface area contributed by atoms with Gasteiger partial charge in [-0.1, -0.05) is 36.4 Å². The number of carbonyl (C=O) groups is 1. The number of hydrogen-bond acceptors (Lipinski definition) is 6. The van der Waals surface area contributed by atoms with Crippen molar-refractivity contribution in [1.82, 2.24) is 9.88 Å². The first-order valence-electron chi connectivity index (χ1n) is 12.4. The Hall–Kier alpha value is -3.01. The Bertz CT molecular complexity index is 1250. The number of nitrogens with one attached hydrogen (secondary N) is 1. The molecule has 5 rings (SSSR count). The van der Waals surface area contributed by atoms with E-state index < -0.39 is 7.82 Å². The minimum Gasteiger partial charge on any atom is -0.478 e. The third-order valence-electron chi connectivity index (χ3n) is 6.43. The van der Waals surface area contributed by atoms with Crippen LogP contribution in [0.3, 0.4) is 0 Å². The van der Waals surface area contributed by atoms with Crippen LogP contribution in [-0.4, -0.2) is 69.8 Å². The lowest BCUT2D eigenvalue weighted by Gasteiger charge is -2.36. The molecule has 0 unspecified atom stereocenters. The van der Waals surface area contributed by atoms with E-state index in [9.17, 15) is 4.79 Å². The van der Waals surface area contributed by atoms with Crippen LogP contribution >= 0.6 is 7.82 Å². The summed E-state index contributed by atoms with van der Waals surface area (Å²) in [6, 6.07) is 19.1. The van der Waals surface area contributed by atoms with E-state index in [4.69, 9.17) is 24.0 Å². The van der Waals surface area contributed by atoms with Crippen molar-refractivity contribution < 1.29 is 28.8 Å². The molecule has 3 aromatic rings. The number of benzene rings is 2. The van der Waals surface area contributed by atoms with Crippen LogP contribution in [0, 0.1) is 0 Å². The molecule has 1 aromatic heterocycles. The average Bonchev–Trinajstić information content (AvgIpc) is 2.87. The molecule has 10 nitrogen and oxygen atoms in total. The van der Waals surface area contributed by atoms with Crippen molar-refractivity contribution >= 4 is 36.0 Å². The molecule has 0 radical (unpaired) electrons. The van der Waals surface area contributed by atoms with Gasteiger partial charge < -0.3 is 29.6 Å². The highest BCUT2D eigenvalue weighted by atomic mass is 31.2. The second-order valence-electron chi connectivity index (χ2n) is 9.10. The molecule has 2 aliphatic rings. The number of nitrogens with zero attached hydrogens (tertiary/aromatic N) is 3. The zero-order valence-corrected chi connectivity index (χ0v) is 21.5. The summed E-state index contributed by atoms with van der Waals surface area (Å²) in [6.45, 7) is 6.06. The van der Waals surface area contributed by atoms with E-state index in [1.807, 2.05) is 12.1 Å². The van der Waals surface area contributed by atoms with E-state index in [1.165, 1.54) is 16.5 Å². The summed E-state index contributed by atoms with van der Waals surface area (Å²) in [6.07, 6.45) is 3.39. The molecule has 1 saturated heterocycles. The van der Waals surface area contributed by atoms with Gasteiger partial charge in [-0.3, -0.25) is 9.69 Å². The fourth-order valence-electron chi connectivity index (χ4n) is 4.61. The largest absolute Gasteiger partial charge is 0.478 e. The van der Waals surface area contributed by atoms with Gasteiger partial charge in [0.1, 0.15) is 5.82 Å². The van der Waals surface area contributed by atoms with E-state index in [2.05, 4.69) is 62.6 Å². The molecular formula is C26H33N4O6P. The Morgan fingerprint density at radius 2 is 1.65 bits per heavy atom. The Balaban J connectivity index is 0.000000586. The fraction of sp³-hybridized carbons (Fsp3) is 0.385. The van der Waals surface area contributed by atoms with Gasteiger partial charge in [0.15, 0.2) is 0 Å². The molecule has 0 saturated carbocycles. The van der Waals surface area contributed by atoms with Crippen molar-refractivity contribution in [1.29, 1.82) is 0 Å². The number of pyridine rings is 1. The minimum absolute atomic E-state index is 0.0303. The summed E-state index contributed by atoms with van der Waals surface area (Å²) >= 11 is 0. The third-order valence-corrected chi connectivity index (χ3v) is 6.43. The molecule has 198 valence electrons. The molecule has 0 spiro atoms. The van der Waals surface area contributed by atoms with Crippen molar-refractivity contribution in [2.75, 3.05) is 49.5 Å². The van der Waals surface area contributed by atoms with E-state index in [-0.39, 0.29) is 5.91 Å². The summed E-state index contributed by atoms with van der Waals surface area (Å²) in [5.41, 5.74) is 2.43. The summed E-state index contributed by atoms with van der Waals surface area (Å²) in [7, 11) is -4.64. The Morgan fingerprint density at radius 3 is 2.43 bits per heavy atom. The van der Waals surface area contributed by atoms with Crippen LogP contribution in [0.5, 0.6) is 5.88 Å². The maximum absolute atomic E-state index is 11.5. The lowest BCUT2D eigenvalue weighted by molar-refractivity contribution is -0.116. The van der Waals surface area contributed by atoms with Crippen molar-refractivity contribution in [3.05, 3.63) is 60.2 Å². The molecule has 1 amide bonds. The van der Waals surface area contributed by atoms with Gasteiger partial charge in [-0.25, -0.2) is 4.57 Å². The highest BCUT2D eigenvalue weighted by Crippen LogP contribution is 2.28. The number of anilines is 2. The van der Waals surface area contributed by atoms with E-state index in [1.54, 1.807) is 0 Å². The van der Waals surface area contributed by atoms with Gasteiger partial charge in [-0.05, 0) is 48.9 Å². The number of carbonyl (C=O) groups excluding carboxylic acids is 1.